The Hall–Kier alpha value is -1.22. The van der Waals surface area contributed by atoms with Crippen LogP contribution >= 0.6 is 0 Å². The van der Waals surface area contributed by atoms with Crippen LogP contribution in [0.15, 0.2) is 5.11 Å². The first-order chi connectivity index (χ1) is 5.48. The minimum atomic E-state index is -0.316. The van der Waals surface area contributed by atoms with E-state index in [1.165, 1.54) is 6.92 Å². The van der Waals surface area contributed by atoms with Crippen LogP contribution in [0.25, 0.3) is 10.4 Å². The van der Waals surface area contributed by atoms with Crippen LogP contribution in [-0.4, -0.2) is 19.1 Å². The highest BCUT2D eigenvalue weighted by atomic mass is 16.5. The molecule has 0 aromatic heterocycles. The smallest absolute Gasteiger partial charge is 0.302 e. The van der Waals surface area contributed by atoms with Crippen molar-refractivity contribution in [2.75, 3.05) is 13.2 Å². The molecular formula is C7H13N3O2. The third-order valence-electron chi connectivity index (χ3n) is 1.23. The first-order valence-electron chi connectivity index (χ1n) is 3.62. The van der Waals surface area contributed by atoms with Gasteiger partial charge < -0.3 is 4.74 Å². The lowest BCUT2D eigenvalue weighted by molar-refractivity contribution is -0.143. The highest BCUT2D eigenvalue weighted by Crippen LogP contribution is 2.15. The maximum absolute atomic E-state index is 10.4. The molecule has 0 bridgehead atoms. The normalized spacial score (nSPS) is 10.2. The average Bonchev–Trinajstić information content (AvgIpc) is 1.98. The number of carbonyl (C=O) groups excluding carboxylic acids is 1. The van der Waals surface area contributed by atoms with E-state index in [0.717, 1.165) is 0 Å². The van der Waals surface area contributed by atoms with Crippen LogP contribution in [0.1, 0.15) is 20.8 Å². The van der Waals surface area contributed by atoms with Crippen molar-refractivity contribution in [1.82, 2.24) is 0 Å². The molecule has 0 aliphatic rings. The number of nitrogens with zero attached hydrogens (tertiary/aromatic N) is 3. The van der Waals surface area contributed by atoms with Crippen LogP contribution in [-0.2, 0) is 9.53 Å². The Morgan fingerprint density at radius 1 is 1.67 bits per heavy atom. The Kier molecular flexibility index (Phi) is 4.15. The van der Waals surface area contributed by atoms with Gasteiger partial charge in [-0.15, -0.1) is 0 Å². The van der Waals surface area contributed by atoms with Gasteiger partial charge in [-0.2, -0.15) is 0 Å². The Morgan fingerprint density at radius 3 is 2.67 bits per heavy atom. The van der Waals surface area contributed by atoms with Crippen molar-refractivity contribution in [2.24, 2.45) is 10.5 Å². The molecule has 5 nitrogen and oxygen atoms in total. The fourth-order valence-electron chi connectivity index (χ4n) is 0.566. The molecular weight excluding hydrogens is 158 g/mol. The zero-order chi connectivity index (χ0) is 9.61. The van der Waals surface area contributed by atoms with Crippen molar-refractivity contribution in [1.29, 1.82) is 0 Å². The molecule has 0 rings (SSSR count). The lowest BCUT2D eigenvalue weighted by Crippen LogP contribution is -2.23. The quantitative estimate of drug-likeness (QED) is 0.280. The summed E-state index contributed by atoms with van der Waals surface area (Å²) in [7, 11) is 0. The summed E-state index contributed by atoms with van der Waals surface area (Å²) in [6, 6.07) is 0. The van der Waals surface area contributed by atoms with Gasteiger partial charge in [0.25, 0.3) is 0 Å². The Morgan fingerprint density at radius 2 is 2.25 bits per heavy atom. The molecule has 0 radical (unpaired) electrons. The fourth-order valence-corrected chi connectivity index (χ4v) is 0.566. The van der Waals surface area contributed by atoms with E-state index in [1.807, 2.05) is 13.8 Å². The monoisotopic (exact) mass is 171 g/mol. The zero-order valence-corrected chi connectivity index (χ0v) is 7.57. The van der Waals surface area contributed by atoms with E-state index in [-0.39, 0.29) is 18.0 Å². The van der Waals surface area contributed by atoms with E-state index < -0.39 is 0 Å². The summed E-state index contributed by atoms with van der Waals surface area (Å²) < 4.78 is 4.78. The third kappa shape index (κ3) is 5.56. The van der Waals surface area contributed by atoms with Crippen molar-refractivity contribution in [3.05, 3.63) is 10.4 Å². The third-order valence-corrected chi connectivity index (χ3v) is 1.23. The molecule has 0 aliphatic carbocycles. The summed E-state index contributed by atoms with van der Waals surface area (Å²) >= 11 is 0. The summed E-state index contributed by atoms with van der Waals surface area (Å²) in [5, 5.41) is 3.41. The van der Waals surface area contributed by atoms with E-state index in [4.69, 9.17) is 10.3 Å². The van der Waals surface area contributed by atoms with Crippen LogP contribution in [0.3, 0.4) is 0 Å². The van der Waals surface area contributed by atoms with Crippen molar-refractivity contribution in [2.45, 2.75) is 20.8 Å². The van der Waals surface area contributed by atoms with Crippen LogP contribution in [0.4, 0.5) is 0 Å². The van der Waals surface area contributed by atoms with Gasteiger partial charge in [0.15, 0.2) is 0 Å². The molecule has 0 spiro atoms. The summed E-state index contributed by atoms with van der Waals surface area (Å²) in [5.41, 5.74) is 7.78. The number of ether oxygens (including phenoxy) is 1. The second-order valence-corrected chi connectivity index (χ2v) is 3.33. The maximum atomic E-state index is 10.4. The minimum Gasteiger partial charge on any atom is -0.465 e. The number of azide groups is 1. The number of hydrogen-bond donors (Lipinski definition) is 0. The Balaban J connectivity index is 3.85. The van der Waals surface area contributed by atoms with Crippen LogP contribution < -0.4 is 0 Å². The lowest BCUT2D eigenvalue weighted by atomic mass is 9.95. The van der Waals surface area contributed by atoms with Gasteiger partial charge in [-0.25, -0.2) is 0 Å². The molecule has 0 heterocycles. The van der Waals surface area contributed by atoms with E-state index in [1.54, 1.807) is 0 Å². The van der Waals surface area contributed by atoms with Crippen LogP contribution in [0.2, 0.25) is 0 Å². The van der Waals surface area contributed by atoms with Gasteiger partial charge in [0.1, 0.15) is 0 Å². The maximum Gasteiger partial charge on any atom is 0.302 e. The SMILES string of the molecule is CC(=O)OCC(C)(C)CN=[N+]=[N-]. The molecule has 0 saturated carbocycles. The van der Waals surface area contributed by atoms with Gasteiger partial charge in [-0.1, -0.05) is 19.0 Å². The second-order valence-electron chi connectivity index (χ2n) is 3.33. The standard InChI is InChI=1S/C7H13N3O2/c1-6(11)12-5-7(2,3)4-9-10-8/h4-5H2,1-3H3. The van der Waals surface area contributed by atoms with E-state index >= 15 is 0 Å². The van der Waals surface area contributed by atoms with E-state index in [2.05, 4.69) is 10.0 Å². The van der Waals surface area contributed by atoms with Crippen LogP contribution in [0, 0.1) is 5.41 Å². The number of rotatable bonds is 4. The van der Waals surface area contributed by atoms with Gasteiger partial charge in [0, 0.05) is 23.8 Å². The average molecular weight is 171 g/mol. The molecule has 0 amide bonds. The molecule has 0 unspecified atom stereocenters. The number of esters is 1. The molecule has 0 atom stereocenters. The van der Waals surface area contributed by atoms with Crippen LogP contribution in [0.5, 0.6) is 0 Å². The van der Waals surface area contributed by atoms with E-state index in [9.17, 15) is 4.79 Å². The van der Waals surface area contributed by atoms with Gasteiger partial charge in [0.2, 0.25) is 0 Å². The summed E-state index contributed by atoms with van der Waals surface area (Å²) in [4.78, 5) is 13.1. The second kappa shape index (κ2) is 4.62. The summed E-state index contributed by atoms with van der Waals surface area (Å²) in [6.07, 6.45) is 0. The zero-order valence-electron chi connectivity index (χ0n) is 7.57. The summed E-state index contributed by atoms with van der Waals surface area (Å²) in [6.45, 7) is 5.69. The molecule has 0 N–H and O–H groups in total. The van der Waals surface area contributed by atoms with Gasteiger partial charge in [-0.05, 0) is 5.53 Å². The first kappa shape index (κ1) is 10.8. The van der Waals surface area contributed by atoms with Gasteiger partial charge in [0.05, 0.1) is 6.61 Å². The fraction of sp³-hybridized carbons (Fsp3) is 0.857. The topological polar surface area (TPSA) is 75.1 Å². The molecule has 0 fully saturated rings. The number of carbonyl (C=O) groups is 1. The van der Waals surface area contributed by atoms with Crippen molar-refractivity contribution in [3.63, 3.8) is 0 Å². The minimum absolute atomic E-state index is 0.279. The van der Waals surface area contributed by atoms with Crippen molar-refractivity contribution >= 4 is 5.97 Å². The predicted molar refractivity (Wildman–Crippen MR) is 44.4 cm³/mol. The summed E-state index contributed by atoms with van der Waals surface area (Å²) in [5.74, 6) is -0.316. The molecule has 0 aromatic carbocycles. The molecule has 0 aromatic rings. The first-order valence-corrected chi connectivity index (χ1v) is 3.62. The van der Waals surface area contributed by atoms with Crippen molar-refractivity contribution in [3.8, 4) is 0 Å². The molecule has 12 heavy (non-hydrogen) atoms. The number of hydrogen-bond acceptors (Lipinski definition) is 3. The highest BCUT2D eigenvalue weighted by Gasteiger charge is 2.18. The predicted octanol–water partition coefficient (Wildman–Crippen LogP) is 1.89. The highest BCUT2D eigenvalue weighted by molar-refractivity contribution is 5.65. The van der Waals surface area contributed by atoms with Gasteiger partial charge in [-0.3, -0.25) is 4.79 Å². The van der Waals surface area contributed by atoms with Gasteiger partial charge >= 0.3 is 5.97 Å². The Labute approximate surface area is 71.3 Å². The largest absolute Gasteiger partial charge is 0.465 e. The Bertz CT molecular complexity index is 207. The molecule has 0 aliphatic heterocycles. The molecule has 5 heteroatoms. The van der Waals surface area contributed by atoms with Crippen molar-refractivity contribution < 1.29 is 9.53 Å². The van der Waals surface area contributed by atoms with E-state index in [0.29, 0.717) is 6.54 Å². The molecule has 0 saturated heterocycles. The molecule has 68 valence electrons. The lowest BCUT2D eigenvalue weighted by Gasteiger charge is -2.20.